The molecule has 2 heterocycles. The summed E-state index contributed by atoms with van der Waals surface area (Å²) in [5.41, 5.74) is 11.6. The minimum Gasteiger partial charge on any atom is -0.481 e. The summed E-state index contributed by atoms with van der Waals surface area (Å²) >= 11 is 0. The number of allylic oxidation sites excluding steroid dienone is 1. The van der Waals surface area contributed by atoms with E-state index in [1.54, 1.807) is 7.11 Å². The van der Waals surface area contributed by atoms with Gasteiger partial charge in [-0.15, -0.1) is 0 Å². The number of benzene rings is 3. The quantitative estimate of drug-likeness (QED) is 0.226. The standard InChI is InChI=1S/C35H30N2O.C2H6.CH3N.H2/c1-22-9-10-27-18-30(22)23(2)16-24-6-4-7-25(17-24)31-20-34(38-3)37-33-14-13-28(19-32(31)33)35(27,26-11-12-26)29-8-5-15-36-21-29;2*1-2;/h4-10,13-15,17-21,26H,2,11-12,16H2,1,3H3;1-2H3;2H,1H2;1H. The molecule has 214 valence electrons. The van der Waals surface area contributed by atoms with E-state index >= 15 is 0 Å². The second-order valence-electron chi connectivity index (χ2n) is 10.8. The number of aromatic nitrogens is 2. The number of pyridine rings is 2. The fraction of sp³-hybridized carbons (Fsp3) is 0.237. The zero-order valence-corrected chi connectivity index (χ0v) is 25.1. The molecule has 1 N–H and O–H groups in total. The highest BCUT2D eigenvalue weighted by molar-refractivity contribution is 5.96. The van der Waals surface area contributed by atoms with Crippen molar-refractivity contribution in [2.24, 2.45) is 5.92 Å². The highest BCUT2D eigenvalue weighted by atomic mass is 16.5. The number of rotatable bonds is 3. The first-order valence-corrected chi connectivity index (χ1v) is 14.7. The minimum absolute atomic E-state index is 0. The third-order valence-electron chi connectivity index (χ3n) is 8.49. The zero-order valence-electron chi connectivity index (χ0n) is 25.1. The lowest BCUT2D eigenvalue weighted by Crippen LogP contribution is -2.32. The average Bonchev–Trinajstić information content (AvgIpc) is 3.90. The van der Waals surface area contributed by atoms with Crippen molar-refractivity contribution < 1.29 is 6.16 Å². The molecule has 0 saturated heterocycles. The Morgan fingerprint density at radius 3 is 2.36 bits per heavy atom. The number of ether oxygens (including phenoxy) is 1. The van der Waals surface area contributed by atoms with Crippen LogP contribution in [0.15, 0.2) is 97.8 Å². The van der Waals surface area contributed by atoms with E-state index in [-0.39, 0.29) is 6.84 Å². The highest BCUT2D eigenvalue weighted by Gasteiger charge is 2.49. The highest BCUT2D eigenvalue weighted by Crippen LogP contribution is 2.56. The van der Waals surface area contributed by atoms with Crippen LogP contribution in [0.25, 0.3) is 27.6 Å². The Morgan fingerprint density at radius 2 is 1.64 bits per heavy atom. The second-order valence-corrected chi connectivity index (χ2v) is 10.8. The maximum Gasteiger partial charge on any atom is 0.214 e. The van der Waals surface area contributed by atoms with Gasteiger partial charge in [0.1, 0.15) is 0 Å². The van der Waals surface area contributed by atoms with Crippen molar-refractivity contribution in [2.45, 2.75) is 45.4 Å². The molecule has 0 spiro atoms. The summed E-state index contributed by atoms with van der Waals surface area (Å²) in [5, 5.41) is 6.64. The Balaban J connectivity index is 0.000000814. The minimum atomic E-state index is -0.311. The van der Waals surface area contributed by atoms with Gasteiger partial charge in [0.05, 0.1) is 12.6 Å². The number of aryl methyl sites for hydroxylation is 1. The largest absolute Gasteiger partial charge is 0.481 e. The van der Waals surface area contributed by atoms with Crippen LogP contribution >= 0.6 is 0 Å². The fourth-order valence-corrected chi connectivity index (χ4v) is 6.55. The molecule has 3 aromatic carbocycles. The number of hydrogen-bond acceptors (Lipinski definition) is 4. The van der Waals surface area contributed by atoms with Crippen LogP contribution in [0.5, 0.6) is 5.88 Å². The van der Waals surface area contributed by atoms with Crippen LogP contribution in [0.3, 0.4) is 0 Å². The van der Waals surface area contributed by atoms with Crippen LogP contribution in [0.2, 0.25) is 0 Å². The van der Waals surface area contributed by atoms with Crippen LogP contribution < -0.4 is 4.74 Å². The first-order chi connectivity index (χ1) is 20.6. The van der Waals surface area contributed by atoms with Gasteiger partial charge in [0, 0.05) is 30.7 Å². The molecule has 2 aliphatic rings. The molecule has 1 unspecified atom stereocenters. The molecule has 6 bridgehead atoms. The third kappa shape index (κ3) is 4.92. The number of nitrogens with zero attached hydrogens (tertiary/aromatic N) is 2. The van der Waals surface area contributed by atoms with Crippen LogP contribution in [0.1, 0.15) is 61.5 Å². The van der Waals surface area contributed by atoms with E-state index in [0.29, 0.717) is 11.8 Å². The van der Waals surface area contributed by atoms with Crippen LogP contribution in [-0.4, -0.2) is 23.8 Å². The maximum atomic E-state index is 5.64. The van der Waals surface area contributed by atoms with E-state index < -0.39 is 0 Å². The van der Waals surface area contributed by atoms with Gasteiger partial charge in [0.2, 0.25) is 5.88 Å². The van der Waals surface area contributed by atoms with Gasteiger partial charge in [0.25, 0.3) is 0 Å². The fourth-order valence-electron chi connectivity index (χ4n) is 6.55. The molecular weight excluding hydrogens is 514 g/mol. The van der Waals surface area contributed by atoms with Crippen molar-refractivity contribution in [3.63, 3.8) is 0 Å². The van der Waals surface area contributed by atoms with Crippen molar-refractivity contribution in [3.05, 3.63) is 131 Å². The SMILES string of the molecule is C=C1Cc2cccc(c2)-c2cc(OC)nc3ccc(cc23)C(c2cccnc2)(C2CC2)c2ccc(C)c1c2.C=N.CC.[HH]. The first-order valence-electron chi connectivity index (χ1n) is 14.7. The summed E-state index contributed by atoms with van der Waals surface area (Å²) in [4.78, 5) is 9.44. The molecule has 4 heteroatoms. The number of methoxy groups -OCH3 is 1. The molecule has 7 rings (SSSR count). The summed E-state index contributed by atoms with van der Waals surface area (Å²) in [6.45, 7) is 13.3. The van der Waals surface area contributed by atoms with Crippen LogP contribution in [-0.2, 0) is 11.8 Å². The maximum absolute atomic E-state index is 5.64. The lowest BCUT2D eigenvalue weighted by molar-refractivity contribution is 0.400. The third-order valence-corrected chi connectivity index (χ3v) is 8.49. The van der Waals surface area contributed by atoms with Crippen LogP contribution in [0.4, 0.5) is 0 Å². The summed E-state index contributed by atoms with van der Waals surface area (Å²) in [7, 11) is 1.69. The predicted molar refractivity (Wildman–Crippen MR) is 178 cm³/mol. The van der Waals surface area contributed by atoms with Crippen molar-refractivity contribution in [2.75, 3.05) is 7.11 Å². The predicted octanol–water partition coefficient (Wildman–Crippen LogP) is 9.47. The molecule has 1 saturated carbocycles. The molecule has 0 aliphatic heterocycles. The topological polar surface area (TPSA) is 58.9 Å². The Hall–Kier alpha value is -4.57. The molecule has 42 heavy (non-hydrogen) atoms. The molecule has 2 aliphatic carbocycles. The Bertz CT molecular complexity index is 1750. The molecule has 1 atom stereocenters. The Morgan fingerprint density at radius 1 is 0.881 bits per heavy atom. The van der Waals surface area contributed by atoms with Gasteiger partial charge in [0.15, 0.2) is 0 Å². The lowest BCUT2D eigenvalue weighted by Gasteiger charge is -2.37. The van der Waals surface area contributed by atoms with Crippen LogP contribution in [0, 0.1) is 18.3 Å². The van der Waals surface area contributed by atoms with Gasteiger partial charge in [-0.1, -0.05) is 69.0 Å². The monoisotopic (exact) mass is 555 g/mol. The van der Waals surface area contributed by atoms with Crippen molar-refractivity contribution in [3.8, 4) is 17.0 Å². The molecule has 2 aromatic heterocycles. The Labute approximate surface area is 251 Å². The van der Waals surface area contributed by atoms with E-state index in [1.165, 1.54) is 51.8 Å². The van der Waals surface area contributed by atoms with Crippen molar-refractivity contribution in [1.29, 1.82) is 5.41 Å². The van der Waals surface area contributed by atoms with Gasteiger partial charge >= 0.3 is 0 Å². The van der Waals surface area contributed by atoms with Crippen molar-refractivity contribution in [1.82, 2.24) is 9.97 Å². The van der Waals surface area contributed by atoms with Gasteiger partial charge in [-0.2, -0.15) is 0 Å². The van der Waals surface area contributed by atoms with Gasteiger partial charge < -0.3 is 10.1 Å². The molecule has 0 radical (unpaired) electrons. The first kappa shape index (κ1) is 28.9. The average molecular weight is 556 g/mol. The summed E-state index contributed by atoms with van der Waals surface area (Å²) in [5.74, 6) is 1.12. The molecule has 4 nitrogen and oxygen atoms in total. The number of nitrogens with one attached hydrogen (secondary N) is 1. The smallest absolute Gasteiger partial charge is 0.214 e. The zero-order chi connectivity index (χ0) is 29.9. The van der Waals surface area contributed by atoms with E-state index in [2.05, 4.69) is 110 Å². The number of fused-ring (bicyclic) bond motifs is 6. The Kier molecular flexibility index (Phi) is 8.35. The van der Waals surface area contributed by atoms with E-state index in [4.69, 9.17) is 15.1 Å². The molecular formula is C38H41N3O. The second kappa shape index (κ2) is 12.1. The van der Waals surface area contributed by atoms with E-state index in [9.17, 15) is 0 Å². The van der Waals surface area contributed by atoms with Crippen molar-refractivity contribution >= 4 is 23.2 Å². The normalized spacial score (nSPS) is 17.0. The molecule has 0 amide bonds. The summed E-state index contributed by atoms with van der Waals surface area (Å²) < 4.78 is 5.64. The number of hydrogen-bond donors (Lipinski definition) is 1. The van der Waals surface area contributed by atoms with Gasteiger partial charge in [-0.3, -0.25) is 4.98 Å². The molecule has 5 aromatic rings. The molecule has 1 fully saturated rings. The summed E-state index contributed by atoms with van der Waals surface area (Å²) in [6.07, 6.45) is 7.10. The van der Waals surface area contributed by atoms with E-state index in [0.717, 1.165) is 28.5 Å². The summed E-state index contributed by atoms with van der Waals surface area (Å²) in [6, 6.07) is 29.0. The lowest BCUT2D eigenvalue weighted by atomic mass is 9.65. The van der Waals surface area contributed by atoms with E-state index in [1.807, 2.05) is 20.0 Å². The van der Waals surface area contributed by atoms with Gasteiger partial charge in [-0.25, -0.2) is 4.98 Å². The van der Waals surface area contributed by atoms with Gasteiger partial charge in [-0.05, 0) is 113 Å².